The van der Waals surface area contributed by atoms with E-state index in [0.717, 1.165) is 50.6 Å². The average Bonchev–Trinajstić information content (AvgIpc) is 3.38. The fraction of sp³-hybridized carbons (Fsp3) is 0.938. The second kappa shape index (κ2) is 10.6. The van der Waals surface area contributed by atoms with Crippen molar-refractivity contribution in [3.05, 3.63) is 0 Å². The Morgan fingerprint density at radius 2 is 2.00 bits per heavy atom. The fourth-order valence-corrected chi connectivity index (χ4v) is 2.37. The molecule has 1 atom stereocenters. The molecule has 2 N–H and O–H groups in total. The van der Waals surface area contributed by atoms with E-state index in [4.69, 9.17) is 4.74 Å². The van der Waals surface area contributed by atoms with E-state index in [1.165, 1.54) is 25.7 Å². The van der Waals surface area contributed by atoms with Gasteiger partial charge in [0.15, 0.2) is 5.96 Å². The van der Waals surface area contributed by atoms with Crippen molar-refractivity contribution in [1.29, 1.82) is 0 Å². The number of nitrogens with one attached hydrogen (secondary N) is 2. The number of ether oxygens (including phenoxy) is 1. The van der Waals surface area contributed by atoms with E-state index >= 15 is 0 Å². The smallest absolute Gasteiger partial charge is 0.191 e. The van der Waals surface area contributed by atoms with Gasteiger partial charge in [0.05, 0.1) is 0 Å². The van der Waals surface area contributed by atoms with Gasteiger partial charge in [0.1, 0.15) is 0 Å². The summed E-state index contributed by atoms with van der Waals surface area (Å²) < 4.78 is 5.63. The molecule has 0 amide bonds. The largest absolute Gasteiger partial charge is 0.381 e. The molecular formula is C16H33IN4O. The summed E-state index contributed by atoms with van der Waals surface area (Å²) in [6.07, 6.45) is 6.47. The lowest BCUT2D eigenvalue weighted by molar-refractivity contribution is 0.123. The van der Waals surface area contributed by atoms with E-state index in [1.807, 2.05) is 7.05 Å². The molecule has 0 saturated heterocycles. The van der Waals surface area contributed by atoms with E-state index in [0.29, 0.717) is 6.04 Å². The Bertz CT molecular complexity index is 332. The van der Waals surface area contributed by atoms with Gasteiger partial charge in [-0.3, -0.25) is 9.89 Å². The summed E-state index contributed by atoms with van der Waals surface area (Å²) in [5.74, 6) is 1.76. The summed E-state index contributed by atoms with van der Waals surface area (Å²) in [7, 11) is 4.05. The molecule has 0 bridgehead atoms. The maximum Gasteiger partial charge on any atom is 0.191 e. The van der Waals surface area contributed by atoms with Gasteiger partial charge in [-0.05, 0) is 52.0 Å². The van der Waals surface area contributed by atoms with Gasteiger partial charge in [-0.1, -0.05) is 0 Å². The lowest BCUT2D eigenvalue weighted by Crippen LogP contribution is -2.45. The number of guanidine groups is 1. The van der Waals surface area contributed by atoms with E-state index in [-0.39, 0.29) is 24.0 Å². The monoisotopic (exact) mass is 424 g/mol. The molecule has 0 aromatic carbocycles. The number of halogens is 1. The van der Waals surface area contributed by atoms with E-state index in [9.17, 15) is 0 Å². The van der Waals surface area contributed by atoms with Crippen molar-refractivity contribution < 1.29 is 4.74 Å². The second-order valence-electron chi connectivity index (χ2n) is 6.50. The number of hydrogen-bond donors (Lipinski definition) is 2. The number of rotatable bonds is 10. The Kier molecular flexibility index (Phi) is 9.66. The van der Waals surface area contributed by atoms with E-state index in [2.05, 4.69) is 34.5 Å². The first-order valence-corrected chi connectivity index (χ1v) is 8.45. The van der Waals surface area contributed by atoms with Gasteiger partial charge in [0, 0.05) is 45.4 Å². The molecule has 0 aliphatic heterocycles. The lowest BCUT2D eigenvalue weighted by atomic mass is 10.3. The topological polar surface area (TPSA) is 48.9 Å². The standard InChI is InChI=1S/C16H32N4O.HI/c1-13(20(3)15-7-8-15)11-19-16(17-2)18-9-4-10-21-12-14-5-6-14;/h13-15H,4-12H2,1-3H3,(H2,17,18,19);1H. The minimum atomic E-state index is 0. The number of likely N-dealkylation sites (N-methyl/N-ethyl adjacent to an activating group) is 1. The SMILES string of the molecule is CN=C(NCCCOCC1CC1)NCC(C)N(C)C1CC1.I. The van der Waals surface area contributed by atoms with Crippen LogP contribution in [0.25, 0.3) is 0 Å². The maximum absolute atomic E-state index is 5.63. The summed E-state index contributed by atoms with van der Waals surface area (Å²) in [4.78, 5) is 6.74. The minimum absolute atomic E-state index is 0. The van der Waals surface area contributed by atoms with Gasteiger partial charge >= 0.3 is 0 Å². The van der Waals surface area contributed by atoms with Gasteiger partial charge in [-0.2, -0.15) is 0 Å². The maximum atomic E-state index is 5.63. The zero-order valence-corrected chi connectivity index (χ0v) is 16.6. The highest BCUT2D eigenvalue weighted by Crippen LogP contribution is 2.28. The Labute approximate surface area is 152 Å². The second-order valence-corrected chi connectivity index (χ2v) is 6.50. The molecule has 0 aromatic rings. The molecule has 6 heteroatoms. The highest BCUT2D eigenvalue weighted by Gasteiger charge is 2.28. The predicted octanol–water partition coefficient (Wildman–Crippen LogP) is 2.07. The fourth-order valence-electron chi connectivity index (χ4n) is 2.37. The lowest BCUT2D eigenvalue weighted by Gasteiger charge is -2.25. The summed E-state index contributed by atoms with van der Waals surface area (Å²) >= 11 is 0. The van der Waals surface area contributed by atoms with Crippen molar-refractivity contribution in [3.63, 3.8) is 0 Å². The molecule has 2 fully saturated rings. The predicted molar refractivity (Wildman–Crippen MR) is 103 cm³/mol. The quantitative estimate of drug-likeness (QED) is 0.244. The Morgan fingerprint density at radius 1 is 1.27 bits per heavy atom. The first kappa shape index (κ1) is 20.0. The van der Waals surface area contributed by atoms with Gasteiger partial charge < -0.3 is 15.4 Å². The third-order valence-electron chi connectivity index (χ3n) is 4.41. The molecule has 0 radical (unpaired) electrons. The average molecular weight is 424 g/mol. The molecule has 2 rings (SSSR count). The molecule has 0 heterocycles. The zero-order valence-electron chi connectivity index (χ0n) is 14.3. The third kappa shape index (κ3) is 7.97. The molecule has 22 heavy (non-hydrogen) atoms. The summed E-state index contributed by atoms with van der Waals surface area (Å²) in [6, 6.07) is 1.35. The van der Waals surface area contributed by atoms with Crippen LogP contribution in [0.2, 0.25) is 0 Å². The van der Waals surface area contributed by atoms with Crippen LogP contribution in [0.15, 0.2) is 4.99 Å². The molecule has 0 spiro atoms. The molecule has 2 aliphatic carbocycles. The van der Waals surface area contributed by atoms with Crippen LogP contribution in [-0.4, -0.2) is 63.3 Å². The number of nitrogens with zero attached hydrogens (tertiary/aromatic N) is 2. The van der Waals surface area contributed by atoms with Crippen molar-refractivity contribution in [2.45, 2.75) is 51.1 Å². The zero-order chi connectivity index (χ0) is 15.1. The minimum Gasteiger partial charge on any atom is -0.381 e. The Hall–Kier alpha value is -0.0800. The number of aliphatic imine (C=N–C) groups is 1. The van der Waals surface area contributed by atoms with Crippen LogP contribution >= 0.6 is 24.0 Å². The summed E-state index contributed by atoms with van der Waals surface area (Å²) in [5.41, 5.74) is 0. The van der Waals surface area contributed by atoms with Crippen LogP contribution in [0.1, 0.15) is 39.0 Å². The van der Waals surface area contributed by atoms with Crippen LogP contribution in [0.4, 0.5) is 0 Å². The molecule has 2 saturated carbocycles. The molecule has 5 nitrogen and oxygen atoms in total. The Morgan fingerprint density at radius 3 is 2.59 bits per heavy atom. The highest BCUT2D eigenvalue weighted by molar-refractivity contribution is 14.0. The van der Waals surface area contributed by atoms with Crippen molar-refractivity contribution in [3.8, 4) is 0 Å². The molecule has 0 aromatic heterocycles. The first-order valence-electron chi connectivity index (χ1n) is 8.45. The molecule has 2 aliphatic rings. The van der Waals surface area contributed by atoms with Crippen LogP contribution in [0.5, 0.6) is 0 Å². The van der Waals surface area contributed by atoms with E-state index in [1.54, 1.807) is 0 Å². The van der Waals surface area contributed by atoms with Crippen molar-refractivity contribution in [2.24, 2.45) is 10.9 Å². The molecular weight excluding hydrogens is 391 g/mol. The van der Waals surface area contributed by atoms with Gasteiger partial charge in [0.25, 0.3) is 0 Å². The molecule has 130 valence electrons. The summed E-state index contributed by atoms with van der Waals surface area (Å²) in [6.45, 7) is 5.92. The van der Waals surface area contributed by atoms with Crippen LogP contribution in [0.3, 0.4) is 0 Å². The van der Waals surface area contributed by atoms with E-state index < -0.39 is 0 Å². The van der Waals surface area contributed by atoms with Crippen molar-refractivity contribution in [2.75, 3.05) is 40.4 Å². The first-order chi connectivity index (χ1) is 10.2. The third-order valence-corrected chi connectivity index (χ3v) is 4.41. The Balaban J connectivity index is 0.00000242. The van der Waals surface area contributed by atoms with Crippen LogP contribution in [0, 0.1) is 5.92 Å². The number of hydrogen-bond acceptors (Lipinski definition) is 3. The summed E-state index contributed by atoms with van der Waals surface area (Å²) in [5, 5.41) is 6.76. The highest BCUT2D eigenvalue weighted by atomic mass is 127. The van der Waals surface area contributed by atoms with Crippen molar-refractivity contribution >= 4 is 29.9 Å². The van der Waals surface area contributed by atoms with Crippen LogP contribution < -0.4 is 10.6 Å². The van der Waals surface area contributed by atoms with Crippen LogP contribution in [-0.2, 0) is 4.74 Å². The normalized spacial score (nSPS) is 19.7. The molecule has 1 unspecified atom stereocenters. The van der Waals surface area contributed by atoms with Gasteiger partial charge in [-0.15, -0.1) is 24.0 Å². The van der Waals surface area contributed by atoms with Crippen molar-refractivity contribution in [1.82, 2.24) is 15.5 Å². The van der Waals surface area contributed by atoms with Gasteiger partial charge in [-0.25, -0.2) is 0 Å². The van der Waals surface area contributed by atoms with Gasteiger partial charge in [0.2, 0.25) is 0 Å².